The summed E-state index contributed by atoms with van der Waals surface area (Å²) >= 11 is 0. The standard InChI is InChI=1S/C15H23N3O8P2/c1-10(19)12(21)24-27-15(22,8-18-6-5-17-9-18)28(23)14-4-3-13(14,25-26-14)11(20)7-16-2/h5-6,9-10,12,19,21-23,27H,2-4,7-8H2,1H3/p+1/t10-,12?,13?,14-,15?,28?/m0/s1. The number of fused-ring (bicyclic) bond motifs is 1. The first-order chi connectivity index (χ1) is 13.2. The summed E-state index contributed by atoms with van der Waals surface area (Å²) in [6, 6.07) is 0. The van der Waals surface area contributed by atoms with Gasteiger partial charge in [-0.15, -0.1) is 0 Å². The van der Waals surface area contributed by atoms with E-state index in [0.29, 0.717) is 12.8 Å². The van der Waals surface area contributed by atoms with Crippen LogP contribution in [0, 0.1) is 0 Å². The van der Waals surface area contributed by atoms with Gasteiger partial charge >= 0.3 is 0 Å². The number of H-pyrrole nitrogens is 1. The predicted molar refractivity (Wildman–Crippen MR) is 98.5 cm³/mol. The van der Waals surface area contributed by atoms with Crippen LogP contribution in [0.3, 0.4) is 0 Å². The third-order valence-corrected chi connectivity index (χ3v) is 8.87. The molecule has 1 aromatic heterocycles. The summed E-state index contributed by atoms with van der Waals surface area (Å²) in [4.78, 5) is 40.4. The number of aromatic amines is 1. The van der Waals surface area contributed by atoms with Crippen LogP contribution >= 0.6 is 17.0 Å². The van der Waals surface area contributed by atoms with Gasteiger partial charge < -0.3 is 24.7 Å². The molecule has 2 heterocycles. The molecule has 2 aliphatic rings. The van der Waals surface area contributed by atoms with Crippen molar-refractivity contribution in [3.8, 4) is 0 Å². The quantitative estimate of drug-likeness (QED) is 0.0983. The summed E-state index contributed by atoms with van der Waals surface area (Å²) in [6.07, 6.45) is 2.74. The van der Waals surface area contributed by atoms with E-state index < -0.39 is 45.4 Å². The Morgan fingerprint density at radius 1 is 1.54 bits per heavy atom. The van der Waals surface area contributed by atoms with Gasteiger partial charge in [0.2, 0.25) is 11.9 Å². The smallest absolute Gasteiger partial charge is 0.241 e. The highest BCUT2D eigenvalue weighted by Gasteiger charge is 2.80. The van der Waals surface area contributed by atoms with Crippen molar-refractivity contribution in [2.75, 3.05) is 6.54 Å². The number of nitrogens with one attached hydrogen (secondary N) is 1. The number of carbonyl (C=O) groups excluding carboxylic acids is 1. The zero-order valence-electron chi connectivity index (χ0n) is 15.2. The monoisotopic (exact) mass is 436 g/mol. The highest BCUT2D eigenvalue weighted by Crippen LogP contribution is 2.76. The number of hydrogen-bond acceptors (Lipinski definition) is 9. The fraction of sp³-hybridized carbons (Fsp3) is 0.667. The van der Waals surface area contributed by atoms with Crippen LogP contribution in [0.15, 0.2) is 23.7 Å². The molecule has 7 atom stereocenters. The molecule has 3 rings (SSSR count). The molecular weight excluding hydrogens is 412 g/mol. The van der Waals surface area contributed by atoms with Crippen LogP contribution in [0.5, 0.6) is 0 Å². The highest BCUT2D eigenvalue weighted by atomic mass is 31.2. The van der Waals surface area contributed by atoms with Crippen LogP contribution in [0.25, 0.3) is 0 Å². The number of hydrogen-bond donors (Lipinski definition) is 5. The summed E-state index contributed by atoms with van der Waals surface area (Å²) in [5, 5.41) is 27.2. The van der Waals surface area contributed by atoms with E-state index in [1.54, 1.807) is 23.3 Å². The van der Waals surface area contributed by atoms with Gasteiger partial charge in [0.25, 0.3) is 0 Å². The second kappa shape index (κ2) is 8.10. The van der Waals surface area contributed by atoms with Crippen LogP contribution in [-0.4, -0.2) is 72.7 Å². The normalized spacial score (nSPS) is 31.9. The summed E-state index contributed by atoms with van der Waals surface area (Å²) in [6.45, 7) is 4.34. The minimum Gasteiger partial charge on any atom is -0.388 e. The molecular formula is C15H24N3O8P2+. The summed E-state index contributed by atoms with van der Waals surface area (Å²) in [5.41, 5.74) is -1.38. The van der Waals surface area contributed by atoms with Gasteiger partial charge in [0.15, 0.2) is 22.5 Å². The maximum Gasteiger partial charge on any atom is 0.241 e. The molecule has 156 valence electrons. The van der Waals surface area contributed by atoms with E-state index in [0.717, 1.165) is 0 Å². The molecule has 13 heteroatoms. The lowest BCUT2D eigenvalue weighted by molar-refractivity contribution is -0.701. The maximum atomic E-state index is 12.5. The van der Waals surface area contributed by atoms with Gasteiger partial charge in [0.05, 0.1) is 8.81 Å². The molecule has 0 spiro atoms. The first-order valence-corrected chi connectivity index (χ1v) is 10.8. The number of aliphatic hydroxyl groups excluding tert-OH is 2. The first kappa shape index (κ1) is 21.8. The molecule has 11 nitrogen and oxygen atoms in total. The number of rotatable bonds is 11. The zero-order chi connectivity index (χ0) is 20.6. The fourth-order valence-corrected chi connectivity index (χ4v) is 6.94. The van der Waals surface area contributed by atoms with E-state index in [4.69, 9.17) is 14.3 Å². The molecule has 1 aliphatic heterocycles. The van der Waals surface area contributed by atoms with Crippen LogP contribution < -0.4 is 4.57 Å². The minimum absolute atomic E-state index is 0.0984. The van der Waals surface area contributed by atoms with Crippen molar-refractivity contribution in [3.63, 3.8) is 0 Å². The average Bonchev–Trinajstić information content (AvgIpc) is 3.14. The Kier molecular flexibility index (Phi) is 6.32. The summed E-state index contributed by atoms with van der Waals surface area (Å²) in [5.74, 6) is -0.383. The van der Waals surface area contributed by atoms with Crippen molar-refractivity contribution in [2.45, 2.75) is 54.7 Å². The number of aromatic nitrogens is 2. The summed E-state index contributed by atoms with van der Waals surface area (Å²) < 4.78 is 6.79. The lowest BCUT2D eigenvalue weighted by Gasteiger charge is -2.65. The molecule has 1 aromatic rings. The van der Waals surface area contributed by atoms with E-state index in [9.17, 15) is 25.0 Å². The number of carbonyl (C=O) groups is 1. The van der Waals surface area contributed by atoms with Crippen molar-refractivity contribution in [3.05, 3.63) is 18.7 Å². The van der Waals surface area contributed by atoms with Gasteiger partial charge in [-0.3, -0.25) is 14.8 Å². The topological polar surface area (TPSA) is 158 Å². The lowest BCUT2D eigenvalue weighted by atomic mass is 9.71. The summed E-state index contributed by atoms with van der Waals surface area (Å²) in [7, 11) is -3.21. The first-order valence-electron chi connectivity index (χ1n) is 8.56. The Balaban J connectivity index is 1.85. The third-order valence-electron chi connectivity index (χ3n) is 4.93. The Morgan fingerprint density at radius 2 is 2.29 bits per heavy atom. The molecule has 5 N–H and O–H groups in total. The van der Waals surface area contributed by atoms with E-state index in [2.05, 4.69) is 16.7 Å². The molecule has 28 heavy (non-hydrogen) atoms. The van der Waals surface area contributed by atoms with Crippen LogP contribution in [0.4, 0.5) is 0 Å². The van der Waals surface area contributed by atoms with Crippen LogP contribution in [0.2, 0.25) is 0 Å². The van der Waals surface area contributed by atoms with E-state index in [1.807, 2.05) is 0 Å². The third kappa shape index (κ3) is 3.45. The largest absolute Gasteiger partial charge is 0.388 e. The van der Waals surface area contributed by atoms with E-state index >= 15 is 0 Å². The minimum atomic E-state index is -2.40. The molecule has 1 saturated carbocycles. The van der Waals surface area contributed by atoms with Crippen molar-refractivity contribution in [2.24, 2.45) is 4.99 Å². The average molecular weight is 436 g/mol. The van der Waals surface area contributed by atoms with Crippen molar-refractivity contribution >= 4 is 29.5 Å². The van der Waals surface area contributed by atoms with Gasteiger partial charge in [-0.1, -0.05) is 0 Å². The fourth-order valence-electron chi connectivity index (χ4n) is 3.20. The molecule has 0 aromatic carbocycles. The number of aliphatic imine (C=N–C) groups is 1. The van der Waals surface area contributed by atoms with Gasteiger partial charge in [-0.25, -0.2) is 14.3 Å². The van der Waals surface area contributed by atoms with Gasteiger partial charge in [0.1, 0.15) is 39.7 Å². The molecule has 1 aliphatic carbocycles. The number of Topliss-reactive ketones (excluding diaryl/α,β-unsaturated/α-hetero) is 1. The lowest BCUT2D eigenvalue weighted by Crippen LogP contribution is -2.78. The number of imidazole rings is 1. The molecule has 2 fully saturated rings. The van der Waals surface area contributed by atoms with E-state index in [-0.39, 0.29) is 18.9 Å². The second-order valence-corrected chi connectivity index (χ2v) is 10.6. The molecule has 0 bridgehead atoms. The van der Waals surface area contributed by atoms with Gasteiger partial charge in [-0.05, 0) is 26.5 Å². The zero-order valence-corrected chi connectivity index (χ0v) is 17.1. The van der Waals surface area contributed by atoms with Gasteiger partial charge in [-0.2, -0.15) is 0 Å². The van der Waals surface area contributed by atoms with Crippen molar-refractivity contribution in [1.29, 1.82) is 0 Å². The Labute approximate surface area is 164 Å². The van der Waals surface area contributed by atoms with Gasteiger partial charge in [0, 0.05) is 0 Å². The van der Waals surface area contributed by atoms with Crippen LogP contribution in [-0.2, 0) is 25.6 Å². The van der Waals surface area contributed by atoms with Crippen LogP contribution in [0.1, 0.15) is 19.8 Å². The van der Waals surface area contributed by atoms with Crippen molar-refractivity contribution < 1.29 is 43.9 Å². The Morgan fingerprint density at radius 3 is 2.75 bits per heavy atom. The molecule has 5 unspecified atom stereocenters. The number of nitrogens with zero attached hydrogens (tertiary/aromatic N) is 2. The Hall–Kier alpha value is -0.870. The molecule has 0 amide bonds. The SMILES string of the molecule is C=NCC(=O)C12CC[C@@]1(P(O)C(O)(C[n+]1cc[nH]c1)POC(O)[C@H](C)O)OO2. The predicted octanol–water partition coefficient (Wildman–Crippen LogP) is -0.893. The molecule has 1 saturated heterocycles. The molecule has 0 radical (unpaired) electrons. The highest BCUT2D eigenvalue weighted by molar-refractivity contribution is 7.65. The van der Waals surface area contributed by atoms with E-state index in [1.165, 1.54) is 6.92 Å². The Bertz CT molecular complexity index is 710. The maximum absolute atomic E-state index is 12.5. The number of aliphatic hydroxyl groups is 3. The van der Waals surface area contributed by atoms with Crippen molar-refractivity contribution in [1.82, 2.24) is 4.98 Å². The number of ketones is 1. The second-order valence-electron chi connectivity index (χ2n) is 6.85.